The third kappa shape index (κ3) is 5.28. The fraction of sp³-hybridized carbons (Fsp3) is 0.895. The van der Waals surface area contributed by atoms with Crippen LogP contribution in [0.3, 0.4) is 0 Å². The molecule has 2 heterocycles. The Bertz CT molecular complexity index is 475. The zero-order chi connectivity index (χ0) is 16.8. The lowest BCUT2D eigenvalue weighted by Gasteiger charge is -2.39. The first-order chi connectivity index (χ1) is 11.7. The summed E-state index contributed by atoms with van der Waals surface area (Å²) in [6.45, 7) is 7.43. The molecule has 5 nitrogen and oxygen atoms in total. The van der Waals surface area contributed by atoms with Crippen molar-refractivity contribution in [1.29, 1.82) is 0 Å². The van der Waals surface area contributed by atoms with Crippen LogP contribution in [0.5, 0.6) is 0 Å². The van der Waals surface area contributed by atoms with Crippen LogP contribution in [0.1, 0.15) is 70.5 Å². The molecule has 1 saturated carbocycles. The van der Waals surface area contributed by atoms with E-state index in [9.17, 15) is 0 Å². The monoisotopic (exact) mass is 335 g/mol. The highest BCUT2D eigenvalue weighted by Crippen LogP contribution is 2.26. The van der Waals surface area contributed by atoms with E-state index in [-0.39, 0.29) is 0 Å². The molecule has 0 spiro atoms. The third-order valence-electron chi connectivity index (χ3n) is 5.34. The van der Waals surface area contributed by atoms with Crippen molar-refractivity contribution in [2.24, 2.45) is 5.92 Å². The first-order valence-corrected chi connectivity index (χ1v) is 9.88. The van der Waals surface area contributed by atoms with Gasteiger partial charge in [0.1, 0.15) is 0 Å². The molecular formula is C19H33N3O2. The second-order valence-corrected chi connectivity index (χ2v) is 7.85. The molecule has 0 unspecified atom stereocenters. The molecule has 1 aliphatic carbocycles. The molecular weight excluding hydrogens is 302 g/mol. The topological polar surface area (TPSA) is 51.4 Å². The van der Waals surface area contributed by atoms with Gasteiger partial charge in [0, 0.05) is 32.0 Å². The Labute approximate surface area is 146 Å². The van der Waals surface area contributed by atoms with Crippen LogP contribution in [0.4, 0.5) is 0 Å². The first kappa shape index (κ1) is 17.9. The minimum atomic E-state index is 0.409. The molecule has 0 bridgehead atoms. The third-order valence-corrected chi connectivity index (χ3v) is 5.34. The molecule has 0 aromatic carbocycles. The van der Waals surface area contributed by atoms with Gasteiger partial charge in [0.25, 0.3) is 0 Å². The zero-order valence-corrected chi connectivity index (χ0v) is 15.4. The minimum Gasteiger partial charge on any atom is -0.378 e. The molecule has 136 valence electrons. The molecule has 1 aliphatic heterocycles. The predicted octanol–water partition coefficient (Wildman–Crippen LogP) is 3.62. The smallest absolute Gasteiger partial charge is 0.226 e. The molecule has 0 atom stereocenters. The van der Waals surface area contributed by atoms with Crippen molar-refractivity contribution < 1.29 is 9.26 Å². The summed E-state index contributed by atoms with van der Waals surface area (Å²) in [5.74, 6) is 2.08. The SMILES string of the molecule is CC(C)Cc1nc(CCOC2CCN(C3CCCCC3)CC2)no1. The maximum Gasteiger partial charge on any atom is 0.226 e. The van der Waals surface area contributed by atoms with Crippen molar-refractivity contribution in [2.45, 2.75) is 83.8 Å². The number of likely N-dealkylation sites (tertiary alicyclic amines) is 1. The lowest BCUT2D eigenvalue weighted by Crippen LogP contribution is -2.44. The lowest BCUT2D eigenvalue weighted by atomic mass is 9.92. The van der Waals surface area contributed by atoms with Gasteiger partial charge in [-0.05, 0) is 31.6 Å². The standard InChI is InChI=1S/C19H33N3O2/c1-15(2)14-19-20-18(21-24-19)10-13-23-17-8-11-22(12-9-17)16-6-4-3-5-7-16/h15-17H,3-14H2,1-2H3. The van der Waals surface area contributed by atoms with E-state index < -0.39 is 0 Å². The molecule has 0 N–H and O–H groups in total. The summed E-state index contributed by atoms with van der Waals surface area (Å²) in [4.78, 5) is 7.15. The van der Waals surface area contributed by atoms with Gasteiger partial charge in [0.05, 0.1) is 12.7 Å². The Morgan fingerprint density at radius 1 is 1.12 bits per heavy atom. The number of hydrogen-bond donors (Lipinski definition) is 0. The van der Waals surface area contributed by atoms with Crippen molar-refractivity contribution in [3.63, 3.8) is 0 Å². The summed E-state index contributed by atoms with van der Waals surface area (Å²) in [5.41, 5.74) is 0. The van der Waals surface area contributed by atoms with Gasteiger partial charge in [0.2, 0.25) is 5.89 Å². The number of ether oxygens (including phenoxy) is 1. The number of piperidine rings is 1. The summed E-state index contributed by atoms with van der Waals surface area (Å²) < 4.78 is 11.3. The summed E-state index contributed by atoms with van der Waals surface area (Å²) in [6.07, 6.45) is 11.4. The lowest BCUT2D eigenvalue weighted by molar-refractivity contribution is -0.00512. The van der Waals surface area contributed by atoms with Crippen LogP contribution >= 0.6 is 0 Å². The fourth-order valence-electron chi connectivity index (χ4n) is 3.99. The second kappa shape index (κ2) is 8.95. The molecule has 5 heteroatoms. The molecule has 1 saturated heterocycles. The van der Waals surface area contributed by atoms with Gasteiger partial charge in [-0.3, -0.25) is 0 Å². The van der Waals surface area contributed by atoms with Crippen molar-refractivity contribution in [3.05, 3.63) is 11.7 Å². The molecule has 0 amide bonds. The average molecular weight is 335 g/mol. The van der Waals surface area contributed by atoms with E-state index in [1.54, 1.807) is 0 Å². The Balaban J connectivity index is 1.32. The zero-order valence-electron chi connectivity index (χ0n) is 15.4. The molecule has 1 aromatic rings. The molecule has 2 fully saturated rings. The molecule has 3 rings (SSSR count). The summed E-state index contributed by atoms with van der Waals surface area (Å²) >= 11 is 0. The van der Waals surface area contributed by atoms with Crippen LogP contribution in [0.25, 0.3) is 0 Å². The maximum absolute atomic E-state index is 6.06. The van der Waals surface area contributed by atoms with E-state index in [4.69, 9.17) is 9.26 Å². The van der Waals surface area contributed by atoms with Crippen molar-refractivity contribution in [3.8, 4) is 0 Å². The highest BCUT2D eigenvalue weighted by Gasteiger charge is 2.26. The fourth-order valence-corrected chi connectivity index (χ4v) is 3.99. The van der Waals surface area contributed by atoms with E-state index in [2.05, 4.69) is 28.9 Å². The van der Waals surface area contributed by atoms with Crippen LogP contribution in [-0.4, -0.2) is 46.9 Å². The van der Waals surface area contributed by atoms with Gasteiger partial charge < -0.3 is 14.2 Å². The molecule has 0 radical (unpaired) electrons. The highest BCUT2D eigenvalue weighted by atomic mass is 16.5. The normalized spacial score (nSPS) is 21.6. The van der Waals surface area contributed by atoms with Crippen molar-refractivity contribution >= 4 is 0 Å². The largest absolute Gasteiger partial charge is 0.378 e. The Morgan fingerprint density at radius 3 is 2.58 bits per heavy atom. The van der Waals surface area contributed by atoms with Crippen molar-refractivity contribution in [1.82, 2.24) is 15.0 Å². The van der Waals surface area contributed by atoms with E-state index in [1.807, 2.05) is 0 Å². The van der Waals surface area contributed by atoms with Gasteiger partial charge in [-0.1, -0.05) is 38.3 Å². The summed E-state index contributed by atoms with van der Waals surface area (Å²) in [5, 5.41) is 4.05. The van der Waals surface area contributed by atoms with Gasteiger partial charge in [-0.25, -0.2) is 0 Å². The maximum atomic E-state index is 6.06. The molecule has 24 heavy (non-hydrogen) atoms. The van der Waals surface area contributed by atoms with Crippen LogP contribution in [0, 0.1) is 5.92 Å². The summed E-state index contributed by atoms with van der Waals surface area (Å²) in [6, 6.07) is 0.846. The van der Waals surface area contributed by atoms with Gasteiger partial charge >= 0.3 is 0 Å². The number of hydrogen-bond acceptors (Lipinski definition) is 5. The van der Waals surface area contributed by atoms with Gasteiger partial charge in [-0.2, -0.15) is 4.98 Å². The summed E-state index contributed by atoms with van der Waals surface area (Å²) in [7, 11) is 0. The quantitative estimate of drug-likeness (QED) is 0.761. The minimum absolute atomic E-state index is 0.409. The number of aromatic nitrogens is 2. The average Bonchev–Trinajstić information content (AvgIpc) is 3.03. The first-order valence-electron chi connectivity index (χ1n) is 9.88. The second-order valence-electron chi connectivity index (χ2n) is 7.85. The van der Waals surface area contributed by atoms with Crippen LogP contribution in [0.15, 0.2) is 4.52 Å². The van der Waals surface area contributed by atoms with E-state index in [0.717, 1.165) is 30.6 Å². The van der Waals surface area contributed by atoms with Crippen LogP contribution < -0.4 is 0 Å². The Morgan fingerprint density at radius 2 is 1.88 bits per heavy atom. The van der Waals surface area contributed by atoms with E-state index in [1.165, 1.54) is 58.0 Å². The van der Waals surface area contributed by atoms with Gasteiger partial charge in [0.15, 0.2) is 5.82 Å². The highest BCUT2D eigenvalue weighted by molar-refractivity contribution is 4.87. The van der Waals surface area contributed by atoms with Crippen LogP contribution in [-0.2, 0) is 17.6 Å². The van der Waals surface area contributed by atoms with Crippen molar-refractivity contribution in [2.75, 3.05) is 19.7 Å². The van der Waals surface area contributed by atoms with E-state index >= 15 is 0 Å². The number of nitrogens with zero attached hydrogens (tertiary/aromatic N) is 3. The Kier molecular flexibility index (Phi) is 6.67. The molecule has 2 aliphatic rings. The number of rotatable bonds is 7. The van der Waals surface area contributed by atoms with Crippen LogP contribution in [0.2, 0.25) is 0 Å². The van der Waals surface area contributed by atoms with Gasteiger partial charge in [-0.15, -0.1) is 0 Å². The Hall–Kier alpha value is -0.940. The molecule has 1 aromatic heterocycles. The van der Waals surface area contributed by atoms with E-state index in [0.29, 0.717) is 18.6 Å². The predicted molar refractivity (Wildman–Crippen MR) is 94.0 cm³/mol.